The number of hydrogen-bond acceptors (Lipinski definition) is 4. The molecule has 1 aromatic heterocycles. The van der Waals surface area contributed by atoms with E-state index in [-0.39, 0.29) is 11.2 Å². The number of pyridine rings is 1. The van der Waals surface area contributed by atoms with Gasteiger partial charge in [-0.15, -0.1) is 0 Å². The number of carbonyl (C=O) groups excluding carboxylic acids is 1. The molecular formula is C17H23F2N3O2. The molecule has 5 nitrogen and oxygen atoms in total. The molecule has 0 N–H and O–H groups in total. The smallest absolute Gasteiger partial charge is 0.257 e. The van der Waals surface area contributed by atoms with E-state index in [0.717, 1.165) is 44.6 Å². The van der Waals surface area contributed by atoms with E-state index in [2.05, 4.69) is 24.0 Å². The third kappa shape index (κ3) is 3.42. The summed E-state index contributed by atoms with van der Waals surface area (Å²) in [5.74, 6) is -2.12. The summed E-state index contributed by atoms with van der Waals surface area (Å²) < 4.78 is 33.0. The fraction of sp³-hybridized carbons (Fsp3) is 0.647. The van der Waals surface area contributed by atoms with Crippen LogP contribution in [0.1, 0.15) is 36.0 Å². The summed E-state index contributed by atoms with van der Waals surface area (Å²) in [6.45, 7) is 1.70. The van der Waals surface area contributed by atoms with Gasteiger partial charge in [0.15, 0.2) is 5.82 Å². The Hall–Kier alpha value is -1.60. The lowest BCUT2D eigenvalue weighted by Crippen LogP contribution is -2.53. The van der Waals surface area contributed by atoms with Crippen molar-refractivity contribution in [1.29, 1.82) is 0 Å². The normalized spacial score (nSPS) is 23.7. The minimum Gasteiger partial charge on any atom is -0.375 e. The van der Waals surface area contributed by atoms with Crippen LogP contribution in [0.15, 0.2) is 12.3 Å². The van der Waals surface area contributed by atoms with Crippen LogP contribution in [-0.2, 0) is 4.74 Å². The third-order valence-corrected chi connectivity index (χ3v) is 5.21. The van der Waals surface area contributed by atoms with Gasteiger partial charge >= 0.3 is 0 Å². The van der Waals surface area contributed by atoms with Crippen molar-refractivity contribution in [2.45, 2.75) is 37.3 Å². The second-order valence-corrected chi connectivity index (χ2v) is 6.92. The van der Waals surface area contributed by atoms with Gasteiger partial charge in [-0.2, -0.15) is 4.39 Å². The molecule has 1 atom stereocenters. The van der Waals surface area contributed by atoms with Crippen molar-refractivity contribution in [3.05, 3.63) is 29.6 Å². The number of carbonyl (C=O) groups is 1. The van der Waals surface area contributed by atoms with Crippen LogP contribution in [0.4, 0.5) is 8.78 Å². The van der Waals surface area contributed by atoms with Gasteiger partial charge in [0, 0.05) is 31.8 Å². The average Bonchev–Trinajstić information content (AvgIpc) is 2.57. The van der Waals surface area contributed by atoms with Crippen LogP contribution in [0.3, 0.4) is 0 Å². The molecule has 2 saturated heterocycles. The Morgan fingerprint density at radius 2 is 2.08 bits per heavy atom. The Bertz CT molecular complexity index is 616. The third-order valence-electron chi connectivity index (χ3n) is 5.21. The van der Waals surface area contributed by atoms with Crippen molar-refractivity contribution >= 4 is 5.91 Å². The molecule has 2 fully saturated rings. The Labute approximate surface area is 140 Å². The lowest BCUT2D eigenvalue weighted by Gasteiger charge is -2.47. The lowest BCUT2D eigenvalue weighted by atomic mass is 9.82. The number of piperidine rings is 1. The molecule has 0 radical (unpaired) electrons. The standard InChI is InChI=1S/C17H23F2N3O2/c1-21(2)12-3-8-24-17(10-12)4-6-22(7-5-17)16(23)13-9-15(19)20-11-14(13)18/h9,11-12H,3-8,10H2,1-2H3. The molecule has 0 aliphatic carbocycles. The second-order valence-electron chi connectivity index (χ2n) is 6.92. The fourth-order valence-corrected chi connectivity index (χ4v) is 3.66. The summed E-state index contributed by atoms with van der Waals surface area (Å²) in [6, 6.07) is 1.34. The highest BCUT2D eigenvalue weighted by molar-refractivity contribution is 5.94. The van der Waals surface area contributed by atoms with Crippen molar-refractivity contribution < 1.29 is 18.3 Å². The molecule has 132 valence electrons. The van der Waals surface area contributed by atoms with Crippen LogP contribution in [0.25, 0.3) is 0 Å². The van der Waals surface area contributed by atoms with Crippen LogP contribution < -0.4 is 0 Å². The summed E-state index contributed by atoms with van der Waals surface area (Å²) in [4.78, 5) is 19.5. The first-order chi connectivity index (χ1) is 11.4. The molecule has 1 spiro atoms. The van der Waals surface area contributed by atoms with E-state index in [4.69, 9.17) is 4.74 Å². The molecule has 1 unspecified atom stereocenters. The van der Waals surface area contributed by atoms with Gasteiger partial charge in [-0.05, 0) is 39.8 Å². The van der Waals surface area contributed by atoms with E-state index < -0.39 is 17.7 Å². The van der Waals surface area contributed by atoms with E-state index in [1.54, 1.807) is 4.90 Å². The number of aromatic nitrogens is 1. The highest BCUT2D eigenvalue weighted by Crippen LogP contribution is 2.36. The van der Waals surface area contributed by atoms with E-state index in [9.17, 15) is 13.6 Å². The largest absolute Gasteiger partial charge is 0.375 e. The predicted molar refractivity (Wildman–Crippen MR) is 84.7 cm³/mol. The van der Waals surface area contributed by atoms with E-state index in [1.807, 2.05) is 0 Å². The molecule has 0 aromatic carbocycles. The van der Waals surface area contributed by atoms with Gasteiger partial charge in [-0.25, -0.2) is 9.37 Å². The quantitative estimate of drug-likeness (QED) is 0.774. The number of ether oxygens (including phenoxy) is 1. The van der Waals surface area contributed by atoms with Gasteiger partial charge in [0.05, 0.1) is 17.4 Å². The van der Waals surface area contributed by atoms with Crippen molar-refractivity contribution in [1.82, 2.24) is 14.8 Å². The van der Waals surface area contributed by atoms with Gasteiger partial charge in [-0.1, -0.05) is 0 Å². The maximum Gasteiger partial charge on any atom is 0.257 e. The zero-order valence-corrected chi connectivity index (χ0v) is 14.1. The molecule has 0 bridgehead atoms. The highest BCUT2D eigenvalue weighted by atomic mass is 19.1. The molecule has 2 aliphatic heterocycles. The van der Waals surface area contributed by atoms with Crippen LogP contribution in [-0.4, -0.2) is 66.1 Å². The number of amides is 1. The summed E-state index contributed by atoms with van der Waals surface area (Å²) in [7, 11) is 4.15. The van der Waals surface area contributed by atoms with Gasteiger partial charge in [0.1, 0.15) is 0 Å². The first-order valence-corrected chi connectivity index (χ1v) is 8.31. The maximum atomic E-state index is 13.8. The molecule has 0 saturated carbocycles. The van der Waals surface area contributed by atoms with Crippen LogP contribution in [0.5, 0.6) is 0 Å². The molecule has 7 heteroatoms. The van der Waals surface area contributed by atoms with E-state index in [1.165, 1.54) is 0 Å². The van der Waals surface area contributed by atoms with Gasteiger partial charge in [0.2, 0.25) is 5.95 Å². The van der Waals surface area contributed by atoms with Crippen molar-refractivity contribution in [2.24, 2.45) is 0 Å². The van der Waals surface area contributed by atoms with Gasteiger partial charge in [0.25, 0.3) is 5.91 Å². The van der Waals surface area contributed by atoms with Crippen LogP contribution >= 0.6 is 0 Å². The summed E-state index contributed by atoms with van der Waals surface area (Å²) in [6.07, 6.45) is 4.15. The SMILES string of the molecule is CN(C)C1CCOC2(CCN(C(=O)c3cc(F)ncc3F)CC2)C1. The molecule has 3 rings (SSSR count). The number of halogens is 2. The zero-order valence-electron chi connectivity index (χ0n) is 14.1. The first kappa shape index (κ1) is 17.2. The maximum absolute atomic E-state index is 13.8. The second kappa shape index (κ2) is 6.72. The molecule has 1 amide bonds. The highest BCUT2D eigenvalue weighted by Gasteiger charge is 2.41. The van der Waals surface area contributed by atoms with Crippen LogP contribution in [0, 0.1) is 11.8 Å². The van der Waals surface area contributed by atoms with Crippen molar-refractivity contribution in [3.63, 3.8) is 0 Å². The molecule has 24 heavy (non-hydrogen) atoms. The minimum absolute atomic E-state index is 0.202. The van der Waals surface area contributed by atoms with Gasteiger partial charge in [-0.3, -0.25) is 4.79 Å². The predicted octanol–water partition coefficient (Wildman–Crippen LogP) is 2.08. The van der Waals surface area contributed by atoms with E-state index in [0.29, 0.717) is 19.1 Å². The Morgan fingerprint density at radius 3 is 2.75 bits per heavy atom. The molecule has 3 heterocycles. The Morgan fingerprint density at radius 1 is 1.38 bits per heavy atom. The van der Waals surface area contributed by atoms with Crippen molar-refractivity contribution in [2.75, 3.05) is 33.8 Å². The zero-order chi connectivity index (χ0) is 17.3. The minimum atomic E-state index is -0.849. The Balaban J connectivity index is 1.66. The molecule has 2 aliphatic rings. The topological polar surface area (TPSA) is 45.7 Å². The first-order valence-electron chi connectivity index (χ1n) is 8.31. The fourth-order valence-electron chi connectivity index (χ4n) is 3.66. The number of rotatable bonds is 2. The summed E-state index contributed by atoms with van der Waals surface area (Å²) in [5, 5.41) is 0. The van der Waals surface area contributed by atoms with Gasteiger partial charge < -0.3 is 14.5 Å². The Kier molecular flexibility index (Phi) is 4.83. The monoisotopic (exact) mass is 339 g/mol. The number of nitrogens with zero attached hydrogens (tertiary/aromatic N) is 3. The average molecular weight is 339 g/mol. The molecular weight excluding hydrogens is 316 g/mol. The summed E-state index contributed by atoms with van der Waals surface area (Å²) >= 11 is 0. The number of hydrogen-bond donors (Lipinski definition) is 0. The van der Waals surface area contributed by atoms with E-state index >= 15 is 0 Å². The van der Waals surface area contributed by atoms with Crippen molar-refractivity contribution in [3.8, 4) is 0 Å². The van der Waals surface area contributed by atoms with Crippen LogP contribution in [0.2, 0.25) is 0 Å². The lowest BCUT2D eigenvalue weighted by molar-refractivity contribution is -0.125. The summed E-state index contributed by atoms with van der Waals surface area (Å²) in [5.41, 5.74) is -0.458. The number of likely N-dealkylation sites (tertiary alicyclic amines) is 1. The molecule has 1 aromatic rings.